The molecule has 0 bridgehead atoms. The number of nitrogens with zero attached hydrogens (tertiary/aromatic N) is 4. The molecule has 5 nitrogen and oxygen atoms in total. The van der Waals surface area contributed by atoms with E-state index in [2.05, 4.69) is 47.2 Å². The van der Waals surface area contributed by atoms with Gasteiger partial charge in [-0.2, -0.15) is 0 Å². The summed E-state index contributed by atoms with van der Waals surface area (Å²) in [5.74, 6) is 0. The molecule has 5 heteroatoms. The average Bonchev–Trinajstić information content (AvgIpc) is 2.82. The summed E-state index contributed by atoms with van der Waals surface area (Å²) in [6.07, 6.45) is 3.89. The number of nitrogens with two attached hydrogens (primary N) is 1. The molecule has 2 heterocycles. The van der Waals surface area contributed by atoms with Crippen LogP contribution in [-0.2, 0) is 0 Å². The van der Waals surface area contributed by atoms with Crippen LogP contribution >= 0.6 is 0 Å². The van der Waals surface area contributed by atoms with Crippen LogP contribution in [0.25, 0.3) is 0 Å². The van der Waals surface area contributed by atoms with Gasteiger partial charge in [0.05, 0.1) is 18.1 Å². The largest absolute Gasteiger partial charge is 0.331 e. The summed E-state index contributed by atoms with van der Waals surface area (Å²) in [6.45, 7) is 10.6. The molecule has 1 aliphatic rings. The van der Waals surface area contributed by atoms with Crippen LogP contribution < -0.4 is 5.73 Å². The normalized spacial score (nSPS) is 24.0. The highest BCUT2D eigenvalue weighted by atomic mass is 15.3. The molecule has 1 aromatic heterocycles. The number of rotatable bonds is 4. The van der Waals surface area contributed by atoms with Gasteiger partial charge in [0.25, 0.3) is 0 Å². The number of imidazole rings is 1. The van der Waals surface area contributed by atoms with Crippen molar-refractivity contribution in [3.8, 4) is 0 Å². The minimum absolute atomic E-state index is 0.272. The van der Waals surface area contributed by atoms with E-state index >= 15 is 0 Å². The predicted octanol–water partition coefficient (Wildman–Crippen LogP) is 1.10. The fraction of sp³-hybridized carbons (Fsp3) is 0.786. The Balaban J connectivity index is 2.22. The van der Waals surface area contributed by atoms with E-state index in [-0.39, 0.29) is 6.04 Å². The Kier molecular flexibility index (Phi) is 4.60. The number of piperazine rings is 1. The van der Waals surface area contributed by atoms with E-state index in [1.54, 1.807) is 0 Å². The molecule has 0 aliphatic carbocycles. The van der Waals surface area contributed by atoms with E-state index in [4.69, 9.17) is 5.73 Å². The molecule has 2 atom stereocenters. The van der Waals surface area contributed by atoms with E-state index in [1.807, 2.05) is 12.5 Å². The molecule has 0 radical (unpaired) electrons. The summed E-state index contributed by atoms with van der Waals surface area (Å²) in [4.78, 5) is 9.22. The lowest BCUT2D eigenvalue weighted by Gasteiger charge is -2.42. The zero-order valence-corrected chi connectivity index (χ0v) is 12.6. The summed E-state index contributed by atoms with van der Waals surface area (Å²) in [5, 5.41) is 0. The maximum Gasteiger partial charge on any atom is 0.0951 e. The third kappa shape index (κ3) is 2.99. The van der Waals surface area contributed by atoms with Crippen LogP contribution in [-0.4, -0.2) is 58.6 Å². The number of hydrogen-bond donors (Lipinski definition) is 1. The van der Waals surface area contributed by atoms with Gasteiger partial charge in [0.15, 0.2) is 0 Å². The number of hydrogen-bond acceptors (Lipinski definition) is 4. The molecule has 2 unspecified atom stereocenters. The Morgan fingerprint density at radius 2 is 2.16 bits per heavy atom. The maximum atomic E-state index is 6.06. The van der Waals surface area contributed by atoms with Crippen LogP contribution in [0.3, 0.4) is 0 Å². The summed E-state index contributed by atoms with van der Waals surface area (Å²) in [6, 6.07) is 1.23. The molecule has 0 amide bonds. The smallest absolute Gasteiger partial charge is 0.0951 e. The van der Waals surface area contributed by atoms with Gasteiger partial charge in [-0.25, -0.2) is 4.98 Å². The molecule has 1 aliphatic heterocycles. The quantitative estimate of drug-likeness (QED) is 0.886. The van der Waals surface area contributed by atoms with Crippen LogP contribution in [0.15, 0.2) is 12.5 Å². The van der Waals surface area contributed by atoms with E-state index in [0.717, 1.165) is 19.6 Å². The number of likely N-dealkylation sites (N-methyl/N-ethyl adjacent to an activating group) is 1. The van der Waals surface area contributed by atoms with Crippen molar-refractivity contribution in [2.75, 3.05) is 33.2 Å². The van der Waals surface area contributed by atoms with Gasteiger partial charge in [0, 0.05) is 44.5 Å². The summed E-state index contributed by atoms with van der Waals surface area (Å²) in [7, 11) is 2.18. The number of aromatic nitrogens is 2. The third-order valence-electron chi connectivity index (χ3n) is 4.10. The predicted molar refractivity (Wildman–Crippen MR) is 78.1 cm³/mol. The van der Waals surface area contributed by atoms with Gasteiger partial charge in [-0.1, -0.05) is 0 Å². The maximum absolute atomic E-state index is 6.06. The molecule has 1 aromatic rings. The first-order valence-corrected chi connectivity index (χ1v) is 7.20. The highest BCUT2D eigenvalue weighted by Gasteiger charge is 2.30. The summed E-state index contributed by atoms with van der Waals surface area (Å²) in [5.41, 5.74) is 7.31. The highest BCUT2D eigenvalue weighted by molar-refractivity contribution is 5.09. The van der Waals surface area contributed by atoms with Gasteiger partial charge in [0.2, 0.25) is 0 Å². The van der Waals surface area contributed by atoms with Crippen molar-refractivity contribution in [3.63, 3.8) is 0 Å². The van der Waals surface area contributed by atoms with Crippen LogP contribution in [0, 0.1) is 0 Å². The molecule has 0 spiro atoms. The van der Waals surface area contributed by atoms with E-state index in [0.29, 0.717) is 18.6 Å². The first-order valence-electron chi connectivity index (χ1n) is 7.20. The average molecular weight is 265 g/mol. The molecule has 108 valence electrons. The lowest BCUT2D eigenvalue weighted by molar-refractivity contribution is 0.0602. The molecule has 2 rings (SSSR count). The monoisotopic (exact) mass is 265 g/mol. The van der Waals surface area contributed by atoms with Crippen LogP contribution in [0.5, 0.6) is 0 Å². The van der Waals surface area contributed by atoms with E-state index < -0.39 is 0 Å². The fourth-order valence-corrected chi connectivity index (χ4v) is 3.05. The summed E-state index contributed by atoms with van der Waals surface area (Å²) >= 11 is 0. The third-order valence-corrected chi connectivity index (χ3v) is 4.10. The Morgan fingerprint density at radius 1 is 1.42 bits per heavy atom. The minimum Gasteiger partial charge on any atom is -0.331 e. The van der Waals surface area contributed by atoms with Crippen molar-refractivity contribution in [1.29, 1.82) is 0 Å². The second-order valence-electron chi connectivity index (χ2n) is 5.92. The molecule has 1 fully saturated rings. The Hall–Kier alpha value is -0.910. The first kappa shape index (κ1) is 14.5. The van der Waals surface area contributed by atoms with Crippen LogP contribution in [0.4, 0.5) is 0 Å². The van der Waals surface area contributed by atoms with Gasteiger partial charge < -0.3 is 15.2 Å². The lowest BCUT2D eigenvalue weighted by atomic mass is 10.1. The van der Waals surface area contributed by atoms with Gasteiger partial charge in [0.1, 0.15) is 0 Å². The van der Waals surface area contributed by atoms with E-state index in [1.165, 1.54) is 5.69 Å². The molecule has 19 heavy (non-hydrogen) atoms. The lowest BCUT2D eigenvalue weighted by Crippen LogP contribution is -2.53. The zero-order chi connectivity index (χ0) is 14.0. The fourth-order valence-electron chi connectivity index (χ4n) is 3.05. The Morgan fingerprint density at radius 3 is 2.74 bits per heavy atom. The van der Waals surface area contributed by atoms with Gasteiger partial charge in [-0.15, -0.1) is 0 Å². The van der Waals surface area contributed by atoms with Crippen molar-refractivity contribution in [2.45, 2.75) is 38.9 Å². The van der Waals surface area contributed by atoms with Crippen molar-refractivity contribution < 1.29 is 0 Å². The standard InChI is InChI=1S/C14H27N5/c1-11(2)19-10-16-8-14(19)13(7-15)18-6-5-17(4)9-12(18)3/h8,10-13H,5-7,9,15H2,1-4H3. The molecule has 0 aromatic carbocycles. The topological polar surface area (TPSA) is 50.3 Å². The van der Waals surface area contributed by atoms with E-state index in [9.17, 15) is 0 Å². The highest BCUT2D eigenvalue weighted by Crippen LogP contribution is 2.25. The SMILES string of the molecule is CC1CN(C)CCN1C(CN)c1cncn1C(C)C. The van der Waals surface area contributed by atoms with Crippen molar-refractivity contribution >= 4 is 0 Å². The van der Waals surface area contributed by atoms with Crippen molar-refractivity contribution in [1.82, 2.24) is 19.4 Å². The molecular formula is C14H27N5. The van der Waals surface area contributed by atoms with Gasteiger partial charge in [-0.05, 0) is 27.8 Å². The minimum atomic E-state index is 0.272. The van der Waals surface area contributed by atoms with Gasteiger partial charge in [-0.3, -0.25) is 4.90 Å². The van der Waals surface area contributed by atoms with Crippen molar-refractivity contribution in [3.05, 3.63) is 18.2 Å². The second-order valence-corrected chi connectivity index (χ2v) is 5.92. The van der Waals surface area contributed by atoms with Crippen LogP contribution in [0.1, 0.15) is 38.5 Å². The zero-order valence-electron chi connectivity index (χ0n) is 12.6. The first-order chi connectivity index (χ1) is 9.04. The molecular weight excluding hydrogens is 238 g/mol. The molecule has 1 saturated heterocycles. The second kappa shape index (κ2) is 6.03. The molecule has 2 N–H and O–H groups in total. The molecule has 0 saturated carbocycles. The Bertz CT molecular complexity index is 400. The van der Waals surface area contributed by atoms with Crippen molar-refractivity contribution in [2.24, 2.45) is 5.73 Å². The Labute approximate surface area is 116 Å². The van der Waals surface area contributed by atoms with Crippen LogP contribution in [0.2, 0.25) is 0 Å². The summed E-state index contributed by atoms with van der Waals surface area (Å²) < 4.78 is 2.24. The van der Waals surface area contributed by atoms with Gasteiger partial charge >= 0.3 is 0 Å².